The van der Waals surface area contributed by atoms with E-state index in [1.165, 1.54) is 24.4 Å². The quantitative estimate of drug-likeness (QED) is 0.223. The summed E-state index contributed by atoms with van der Waals surface area (Å²) in [6.07, 6.45) is 3.20. The summed E-state index contributed by atoms with van der Waals surface area (Å²) >= 11 is 0. The Balaban J connectivity index is 1.29. The molecule has 0 saturated heterocycles. The second-order valence-electron chi connectivity index (χ2n) is 10.3. The number of benzene rings is 2. The molecule has 0 aliphatic carbocycles. The zero-order valence-corrected chi connectivity index (χ0v) is 23.9. The fourth-order valence-corrected chi connectivity index (χ4v) is 4.39. The van der Waals surface area contributed by atoms with Crippen LogP contribution in [-0.2, 0) is 6.54 Å². The molecular weight excluding hydrogens is 543 g/mol. The normalized spacial score (nSPS) is 11.4. The van der Waals surface area contributed by atoms with E-state index >= 15 is 0 Å². The summed E-state index contributed by atoms with van der Waals surface area (Å²) in [6, 6.07) is 19.1. The minimum absolute atomic E-state index is 0.244. The highest BCUT2D eigenvalue weighted by Crippen LogP contribution is 2.25. The van der Waals surface area contributed by atoms with Crippen LogP contribution in [0.25, 0.3) is 22.2 Å². The van der Waals surface area contributed by atoms with Crippen LogP contribution in [0.15, 0.2) is 73.1 Å². The Labute approximate surface area is 248 Å². The Morgan fingerprint density at radius 1 is 1.05 bits per heavy atom. The fourth-order valence-electron chi connectivity index (χ4n) is 4.39. The largest absolute Gasteiger partial charge is 0.365 e. The maximum Gasteiger partial charge on any atom is 0.255 e. The topological polar surface area (TPSA) is 123 Å². The van der Waals surface area contributed by atoms with Crippen molar-refractivity contribution in [3.8, 4) is 29.0 Å². The smallest absolute Gasteiger partial charge is 0.255 e. The van der Waals surface area contributed by atoms with E-state index in [4.69, 9.17) is 0 Å². The first-order chi connectivity index (χ1) is 20.8. The van der Waals surface area contributed by atoms with Crippen molar-refractivity contribution in [2.45, 2.75) is 19.5 Å². The summed E-state index contributed by atoms with van der Waals surface area (Å²) in [5.74, 6) is 5.86. The second-order valence-corrected chi connectivity index (χ2v) is 10.3. The molecule has 0 spiro atoms. The van der Waals surface area contributed by atoms with Crippen molar-refractivity contribution in [2.24, 2.45) is 0 Å². The molecule has 1 amide bonds. The van der Waals surface area contributed by atoms with Gasteiger partial charge in [-0.25, -0.2) is 14.4 Å². The zero-order chi connectivity index (χ0) is 30.3. The molecule has 9 nitrogen and oxygen atoms in total. The van der Waals surface area contributed by atoms with Crippen LogP contribution in [0.3, 0.4) is 0 Å². The van der Waals surface area contributed by atoms with Gasteiger partial charge in [0.05, 0.1) is 29.1 Å². The summed E-state index contributed by atoms with van der Waals surface area (Å²) in [5.41, 5.74) is 5.50. The number of pyridine rings is 2. The Kier molecular flexibility index (Phi) is 8.71. The van der Waals surface area contributed by atoms with Crippen LogP contribution in [0.2, 0.25) is 0 Å². The molecule has 0 fully saturated rings. The number of aromatic amines is 1. The van der Waals surface area contributed by atoms with Gasteiger partial charge >= 0.3 is 0 Å². The second kappa shape index (κ2) is 12.9. The van der Waals surface area contributed by atoms with Gasteiger partial charge in [-0.15, -0.1) is 0 Å². The van der Waals surface area contributed by atoms with Crippen LogP contribution in [0.1, 0.15) is 45.7 Å². The molecule has 10 heteroatoms. The predicted octanol–water partition coefficient (Wildman–Crippen LogP) is 5.05. The molecule has 1 atom stereocenters. The molecule has 43 heavy (non-hydrogen) atoms. The van der Waals surface area contributed by atoms with Gasteiger partial charge in [-0.2, -0.15) is 10.4 Å². The van der Waals surface area contributed by atoms with Crippen molar-refractivity contribution in [3.05, 3.63) is 107 Å². The number of nitriles is 1. The van der Waals surface area contributed by atoms with Crippen molar-refractivity contribution in [3.63, 3.8) is 0 Å². The van der Waals surface area contributed by atoms with Crippen LogP contribution in [0.4, 0.5) is 10.2 Å². The van der Waals surface area contributed by atoms with Gasteiger partial charge in [-0.3, -0.25) is 14.8 Å². The number of hydrogen-bond donors (Lipinski definition) is 3. The van der Waals surface area contributed by atoms with Crippen molar-refractivity contribution in [1.29, 1.82) is 5.26 Å². The molecule has 0 radical (unpaired) electrons. The molecule has 1 unspecified atom stereocenters. The van der Waals surface area contributed by atoms with E-state index in [1.807, 2.05) is 55.4 Å². The molecule has 214 valence electrons. The van der Waals surface area contributed by atoms with Crippen molar-refractivity contribution >= 4 is 22.8 Å². The maximum absolute atomic E-state index is 13.3. The highest BCUT2D eigenvalue weighted by molar-refractivity contribution is 5.99. The molecule has 3 heterocycles. The number of halogens is 1. The van der Waals surface area contributed by atoms with Gasteiger partial charge in [0.2, 0.25) is 0 Å². The van der Waals surface area contributed by atoms with E-state index in [2.05, 4.69) is 42.6 Å². The summed E-state index contributed by atoms with van der Waals surface area (Å²) in [6.45, 7) is 2.85. The van der Waals surface area contributed by atoms with E-state index in [-0.39, 0.29) is 23.0 Å². The first-order valence-corrected chi connectivity index (χ1v) is 13.6. The fraction of sp³-hybridized carbons (Fsp3) is 0.182. The number of rotatable bonds is 8. The van der Waals surface area contributed by atoms with Crippen LogP contribution >= 0.6 is 0 Å². The molecule has 5 rings (SSSR count). The monoisotopic (exact) mass is 572 g/mol. The lowest BCUT2D eigenvalue weighted by molar-refractivity contribution is 0.0940. The molecule has 3 aromatic heterocycles. The van der Waals surface area contributed by atoms with Crippen LogP contribution in [0.5, 0.6) is 0 Å². The lowest BCUT2D eigenvalue weighted by atomic mass is 10.0. The molecule has 0 aliphatic heterocycles. The minimum atomic E-state index is -0.396. The van der Waals surface area contributed by atoms with Gasteiger partial charge in [-0.05, 0) is 67.9 Å². The third-order valence-corrected chi connectivity index (χ3v) is 6.74. The number of fused-ring (bicyclic) bond motifs is 1. The number of anilines is 1. The highest BCUT2D eigenvalue weighted by atomic mass is 19.1. The van der Waals surface area contributed by atoms with Gasteiger partial charge in [0.25, 0.3) is 5.91 Å². The number of hydrogen-bond acceptors (Lipinski definition) is 7. The number of amides is 1. The minimum Gasteiger partial charge on any atom is -0.365 e. The average molecular weight is 573 g/mol. The lowest BCUT2D eigenvalue weighted by Gasteiger charge is -2.16. The number of nitrogens with zero attached hydrogens (tertiary/aromatic N) is 5. The Morgan fingerprint density at radius 3 is 2.53 bits per heavy atom. The van der Waals surface area contributed by atoms with E-state index in [0.717, 1.165) is 33.3 Å². The number of H-pyrrole nitrogens is 1. The van der Waals surface area contributed by atoms with E-state index in [9.17, 15) is 14.4 Å². The molecule has 0 saturated carbocycles. The maximum atomic E-state index is 13.3. The van der Waals surface area contributed by atoms with E-state index < -0.39 is 5.91 Å². The Bertz CT molecular complexity index is 1860. The Morgan fingerprint density at radius 2 is 1.81 bits per heavy atom. The number of nitrogens with one attached hydrogen (secondary N) is 3. The summed E-state index contributed by atoms with van der Waals surface area (Å²) in [7, 11) is 3.93. The van der Waals surface area contributed by atoms with Gasteiger partial charge < -0.3 is 10.6 Å². The number of carbonyl (C=O) groups is 1. The lowest BCUT2D eigenvalue weighted by Crippen LogP contribution is -2.28. The predicted molar refractivity (Wildman–Crippen MR) is 163 cm³/mol. The third kappa shape index (κ3) is 7.02. The van der Waals surface area contributed by atoms with Crippen LogP contribution in [-0.4, -0.2) is 51.6 Å². The van der Waals surface area contributed by atoms with Gasteiger partial charge in [0.1, 0.15) is 23.4 Å². The van der Waals surface area contributed by atoms with Crippen LogP contribution < -0.4 is 10.6 Å². The summed E-state index contributed by atoms with van der Waals surface area (Å²) < 4.78 is 13.3. The van der Waals surface area contributed by atoms with Gasteiger partial charge in [0.15, 0.2) is 5.65 Å². The van der Waals surface area contributed by atoms with Crippen molar-refractivity contribution in [1.82, 2.24) is 30.4 Å². The average Bonchev–Trinajstić information content (AvgIpc) is 3.42. The molecule has 3 N–H and O–H groups in total. The van der Waals surface area contributed by atoms with E-state index in [0.29, 0.717) is 24.6 Å². The summed E-state index contributed by atoms with van der Waals surface area (Å²) in [4.78, 5) is 24.0. The number of carbonyl (C=O) groups excluding carboxylic acids is 1. The third-order valence-electron chi connectivity index (χ3n) is 6.74. The first kappa shape index (κ1) is 28.9. The highest BCUT2D eigenvalue weighted by Gasteiger charge is 2.17. The molecule has 0 aliphatic rings. The van der Waals surface area contributed by atoms with Gasteiger partial charge in [-0.1, -0.05) is 42.3 Å². The molecule has 2 aromatic carbocycles. The van der Waals surface area contributed by atoms with Crippen molar-refractivity contribution < 1.29 is 9.18 Å². The first-order valence-electron chi connectivity index (χ1n) is 13.6. The standard InChI is InChI=1S/C33H29FN8O/c1-21(24-10-12-27(34)13-11-24)39-33(43)29-15-23(17-35)19-37-31(29)36-18-22-6-8-25(9-7-22)26-16-28-30(5-4-14-42(2)3)40-41-32(28)38-20-26/h6-13,15-16,19-21H,14,18H2,1-3H3,(H,36,37)(H,39,43)(H,38,40,41). The van der Waals surface area contributed by atoms with Crippen LogP contribution in [0, 0.1) is 29.0 Å². The zero-order valence-electron chi connectivity index (χ0n) is 23.9. The van der Waals surface area contributed by atoms with E-state index in [1.54, 1.807) is 25.3 Å². The molecular formula is C33H29FN8O. The number of aromatic nitrogens is 4. The van der Waals surface area contributed by atoms with Crippen molar-refractivity contribution in [2.75, 3.05) is 26.0 Å². The summed E-state index contributed by atoms with van der Waals surface area (Å²) in [5, 5.41) is 23.6. The molecule has 5 aromatic rings. The van der Waals surface area contributed by atoms with Gasteiger partial charge in [0, 0.05) is 24.5 Å². The SMILES string of the molecule is CC(NC(=O)c1cc(C#N)cnc1NCc1ccc(-c2cnc3n[nH]c(C#CCN(C)C)c3c2)cc1)c1ccc(F)cc1. The Hall–Kier alpha value is -5.58. The molecule has 0 bridgehead atoms.